The fraction of sp³-hybridized carbons (Fsp3) is 0.800. The van der Waals surface area contributed by atoms with E-state index in [4.69, 9.17) is 102 Å². The van der Waals surface area contributed by atoms with Crippen molar-refractivity contribution in [3.63, 3.8) is 0 Å². The zero-order valence-electron chi connectivity index (χ0n) is 26.8. The summed E-state index contributed by atoms with van der Waals surface area (Å²) in [7, 11) is 0. The van der Waals surface area contributed by atoms with Crippen molar-refractivity contribution >= 4 is 23.9 Å². The number of rotatable bonds is 20. The van der Waals surface area contributed by atoms with Gasteiger partial charge in [-0.15, -0.1) is 0 Å². The summed E-state index contributed by atoms with van der Waals surface area (Å²) in [6.07, 6.45) is -32.3. The van der Waals surface area contributed by atoms with Gasteiger partial charge >= 0.3 is 7.43 Å². The minimum Gasteiger partial charge on any atom is -0.547 e. The Hall–Kier alpha value is -2.92. The van der Waals surface area contributed by atoms with E-state index in [0.717, 1.165) is 0 Å². The average Bonchev–Trinajstić information content (AvgIpc) is 3.12. The second kappa shape index (κ2) is 30.4. The largest absolute Gasteiger partial charge is 4.00 e. The summed E-state index contributed by atoms with van der Waals surface area (Å²) < 4.78 is 0. The zero-order valence-corrected chi connectivity index (χ0v) is 26.8. The molecule has 0 amide bonds. The first kappa shape index (κ1) is 59.4. The van der Waals surface area contributed by atoms with Gasteiger partial charge in [-0.3, -0.25) is 0 Å². The second-order valence-electron chi connectivity index (χ2n) is 9.98. The van der Waals surface area contributed by atoms with E-state index in [1.165, 1.54) is 0 Å². The van der Waals surface area contributed by atoms with Gasteiger partial charge in [-0.2, -0.15) is 0 Å². The molecule has 28 heteroatoms. The molecule has 20 N–H and O–H groups in total. The van der Waals surface area contributed by atoms with E-state index in [1.807, 2.05) is 0 Å². The summed E-state index contributed by atoms with van der Waals surface area (Å²) in [5.41, 5.74) is 0. The molecule has 0 heterocycles. The van der Waals surface area contributed by atoms with Gasteiger partial charge in [-0.25, -0.2) is 0 Å². The van der Waals surface area contributed by atoms with E-state index in [0.29, 0.717) is 0 Å². The smallest absolute Gasteiger partial charge is 0.547 e. The number of aliphatic hydroxyl groups is 20. The second-order valence-corrected chi connectivity index (χ2v) is 9.98. The predicted octanol–water partition coefficient (Wildman–Crippen LogP) is -19.2. The monoisotopic (exact) mass is 792 g/mol. The molecule has 0 spiro atoms. The topological polar surface area (TPSA) is 565 Å². The van der Waals surface area contributed by atoms with Gasteiger partial charge in [0.15, 0.2) is 0 Å². The number of carboxylic acid groups (broad SMARTS) is 4. The molecule has 0 saturated heterocycles. The molecular weight excluding hydrogens is 748 g/mol. The summed E-state index contributed by atoms with van der Waals surface area (Å²) in [6, 6.07) is 0. The quantitative estimate of drug-likeness (QED) is 0.0544. The Kier molecular flexibility index (Phi) is 34.1. The Morgan fingerprint density at radius 2 is 0.415 bits per heavy atom. The normalized spacial score (nSPS) is 20.0. The van der Waals surface area contributed by atoms with E-state index in [1.54, 1.807) is 0 Å². The summed E-state index contributed by atoms with van der Waals surface area (Å²) in [5.74, 6) is -7.90. The van der Waals surface area contributed by atoms with Crippen LogP contribution in [0.4, 0.5) is 0 Å². The number of hydrogen-bond acceptors (Lipinski definition) is 28. The van der Waals surface area contributed by atoms with Gasteiger partial charge in [0.2, 0.25) is 0 Å². The van der Waals surface area contributed by atoms with Crippen LogP contribution in [0.25, 0.3) is 0 Å². The molecule has 0 bridgehead atoms. The van der Waals surface area contributed by atoms with Crippen LogP contribution in [0.1, 0.15) is 0 Å². The Labute approximate surface area is 297 Å². The molecule has 0 aromatic rings. The molecule has 53 heavy (non-hydrogen) atoms. The van der Waals surface area contributed by atoms with Crippen LogP contribution in [0.3, 0.4) is 0 Å². The molecule has 0 aromatic heterocycles. The molecule has 0 aliphatic carbocycles. The van der Waals surface area contributed by atoms with Crippen LogP contribution in [0.5, 0.6) is 0 Å². The molecule has 16 atom stereocenters. The SMILES string of the molecule is O=C([O-])C(O)C(O)C(O)C(O)CO.O=C([O-])C(O)C(O)C(O)C(O)CO.O=C([O-])C(O)C(O)C(O)C(O)CO.O=C([O-])C(O)C(O)C(O)C(O)CO.[C+4]. The van der Waals surface area contributed by atoms with Crippen molar-refractivity contribution in [2.75, 3.05) is 26.4 Å². The van der Waals surface area contributed by atoms with Crippen LogP contribution in [-0.2, 0) is 19.2 Å². The first-order valence-electron chi connectivity index (χ1n) is 13.8. The third-order valence-electron chi connectivity index (χ3n) is 5.98. The number of carbonyl (C=O) groups excluding carboxylic acids is 4. The zero-order chi connectivity index (χ0) is 42.4. The van der Waals surface area contributed by atoms with Gasteiger partial charge in [0.25, 0.3) is 0 Å². The van der Waals surface area contributed by atoms with Gasteiger partial charge in [-0.05, 0) is 0 Å². The van der Waals surface area contributed by atoms with Crippen LogP contribution in [0, 0.1) is 7.43 Å². The molecule has 0 radical (unpaired) electrons. The minimum atomic E-state index is -2.31. The summed E-state index contributed by atoms with van der Waals surface area (Å²) >= 11 is 0. The van der Waals surface area contributed by atoms with Crippen molar-refractivity contribution in [3.8, 4) is 0 Å². The van der Waals surface area contributed by atoms with Gasteiger partial charge in [-0.1, -0.05) is 0 Å². The maximum absolute atomic E-state index is 9.98. The molecule has 312 valence electrons. The third kappa shape index (κ3) is 22.8. The number of hydrogen-bond donors (Lipinski definition) is 20. The molecule has 0 aromatic carbocycles. The van der Waals surface area contributed by atoms with E-state index in [-0.39, 0.29) is 7.43 Å². The standard InChI is InChI=1S/4C6H12O7.C/c4*7-1-2(8)3(9)4(10)5(11)6(12)13;/h4*2-5,7-11H,1H2,(H,12,13);/q;;;;+4/p-4. The third-order valence-corrected chi connectivity index (χ3v) is 5.98. The van der Waals surface area contributed by atoms with Crippen LogP contribution >= 0.6 is 0 Å². The maximum Gasteiger partial charge on any atom is 4.00 e. The number of aliphatic hydroxyl groups excluding tert-OH is 20. The minimum absolute atomic E-state index is 0. The maximum atomic E-state index is 9.98. The van der Waals surface area contributed by atoms with Crippen molar-refractivity contribution in [1.29, 1.82) is 0 Å². The van der Waals surface area contributed by atoms with Crippen molar-refractivity contribution < 1.29 is 142 Å². The van der Waals surface area contributed by atoms with Crippen LogP contribution in [-0.4, -0.2) is 250 Å². The summed E-state index contributed by atoms with van der Waals surface area (Å²) in [4.78, 5) is 39.9. The van der Waals surface area contributed by atoms with Crippen LogP contribution in [0.2, 0.25) is 0 Å². The molecule has 16 unspecified atom stereocenters. The van der Waals surface area contributed by atoms with E-state index < -0.39 is 148 Å². The Morgan fingerprint density at radius 1 is 0.302 bits per heavy atom. The van der Waals surface area contributed by atoms with Crippen molar-refractivity contribution in [2.24, 2.45) is 0 Å². The number of aliphatic carboxylic acids is 4. The fourth-order valence-electron chi connectivity index (χ4n) is 2.65. The molecule has 0 fully saturated rings. The van der Waals surface area contributed by atoms with E-state index >= 15 is 0 Å². The van der Waals surface area contributed by atoms with Crippen molar-refractivity contribution in [3.05, 3.63) is 7.43 Å². The molecular formula is C25H44O28. The fourth-order valence-corrected chi connectivity index (χ4v) is 2.65. The van der Waals surface area contributed by atoms with Gasteiger partial charge in [0.05, 0.1) is 50.3 Å². The summed E-state index contributed by atoms with van der Waals surface area (Å²) in [6.45, 7) is -3.45. The number of carboxylic acids is 4. The van der Waals surface area contributed by atoms with Crippen molar-refractivity contribution in [2.45, 2.75) is 97.7 Å². The first-order valence-corrected chi connectivity index (χ1v) is 13.8. The molecule has 28 nitrogen and oxygen atoms in total. The molecule has 0 saturated carbocycles. The molecule has 0 aliphatic heterocycles. The Bertz CT molecular complexity index is 835. The van der Waals surface area contributed by atoms with Crippen LogP contribution in [0.15, 0.2) is 0 Å². The van der Waals surface area contributed by atoms with E-state index in [2.05, 4.69) is 0 Å². The average molecular weight is 793 g/mol. The molecule has 0 aliphatic rings. The van der Waals surface area contributed by atoms with Crippen molar-refractivity contribution in [1.82, 2.24) is 0 Å². The van der Waals surface area contributed by atoms with Gasteiger partial charge in [0.1, 0.15) is 97.7 Å². The first-order chi connectivity index (χ1) is 23.7. The number of carbonyl (C=O) groups is 4. The summed E-state index contributed by atoms with van der Waals surface area (Å²) in [5, 5.41) is 214. The Morgan fingerprint density at radius 3 is 0.491 bits per heavy atom. The van der Waals surface area contributed by atoms with Gasteiger partial charge < -0.3 is 142 Å². The van der Waals surface area contributed by atoms with E-state index in [9.17, 15) is 39.6 Å². The van der Waals surface area contributed by atoms with Gasteiger partial charge in [0, 0.05) is 0 Å². The Balaban J connectivity index is -0.000000192. The predicted molar refractivity (Wildman–Crippen MR) is 148 cm³/mol. The molecule has 0 rings (SSSR count). The van der Waals surface area contributed by atoms with Crippen LogP contribution < -0.4 is 20.4 Å².